The number of methoxy groups -OCH3 is 1. The summed E-state index contributed by atoms with van der Waals surface area (Å²) in [6.45, 7) is 1.89. The smallest absolute Gasteiger partial charge is 0.339 e. The summed E-state index contributed by atoms with van der Waals surface area (Å²) in [7, 11) is 1.42. The third-order valence-electron chi connectivity index (χ3n) is 3.67. The van der Waals surface area contributed by atoms with Gasteiger partial charge in [0.25, 0.3) is 0 Å². The summed E-state index contributed by atoms with van der Waals surface area (Å²) in [5.41, 5.74) is 7.92. The van der Waals surface area contributed by atoms with E-state index in [1.165, 1.54) is 13.2 Å². The number of nitrogens with two attached hydrogens (primary N) is 1. The number of benzene rings is 2. The van der Waals surface area contributed by atoms with E-state index in [1.807, 2.05) is 13.0 Å². The number of rotatable bonds is 4. The zero-order valence-corrected chi connectivity index (χ0v) is 13.2. The van der Waals surface area contributed by atoms with Gasteiger partial charge in [-0.1, -0.05) is 0 Å². The second-order valence-electron chi connectivity index (χ2n) is 5.31. The average molecular weight is 324 g/mol. The lowest BCUT2D eigenvalue weighted by atomic mass is 10.1. The van der Waals surface area contributed by atoms with Gasteiger partial charge in [0, 0.05) is 23.3 Å². The molecule has 1 aromatic heterocycles. The van der Waals surface area contributed by atoms with Crippen molar-refractivity contribution in [3.05, 3.63) is 53.7 Å². The number of carboxylic acid groups (broad SMARTS) is 1. The fraction of sp³-hybridized carbons (Fsp3) is 0.111. The summed E-state index contributed by atoms with van der Waals surface area (Å²) in [5, 5.41) is 9.95. The topological polar surface area (TPSA) is 94.7 Å². The maximum atomic E-state index is 11.4. The normalized spacial score (nSPS) is 10.6. The molecule has 0 radical (unpaired) electrons. The number of aromatic carboxylic acids is 1. The zero-order valence-electron chi connectivity index (χ0n) is 13.2. The van der Waals surface area contributed by atoms with E-state index in [-0.39, 0.29) is 11.3 Å². The van der Waals surface area contributed by atoms with Crippen LogP contribution in [0.1, 0.15) is 15.9 Å². The van der Waals surface area contributed by atoms with Gasteiger partial charge >= 0.3 is 5.97 Å². The van der Waals surface area contributed by atoms with E-state index in [4.69, 9.17) is 15.2 Å². The predicted octanol–water partition coefficient (Wildman–Crippen LogP) is 3.62. The molecule has 3 aromatic rings. The SMILES string of the molecule is COc1cc2nccc(Oc3ccc(N)cc3C)c2cc1C(=O)O. The van der Waals surface area contributed by atoms with E-state index in [0.29, 0.717) is 28.1 Å². The number of hydrogen-bond donors (Lipinski definition) is 2. The van der Waals surface area contributed by atoms with Crippen LogP contribution in [-0.2, 0) is 0 Å². The van der Waals surface area contributed by atoms with Crippen LogP contribution in [0.3, 0.4) is 0 Å². The Morgan fingerprint density at radius 2 is 1.92 bits per heavy atom. The fourth-order valence-electron chi connectivity index (χ4n) is 2.48. The summed E-state index contributed by atoms with van der Waals surface area (Å²) in [5.74, 6) is 0.331. The van der Waals surface area contributed by atoms with Crippen LogP contribution in [0.2, 0.25) is 0 Å². The Kier molecular flexibility index (Phi) is 3.95. The molecule has 122 valence electrons. The number of ether oxygens (including phenoxy) is 2. The van der Waals surface area contributed by atoms with Gasteiger partial charge in [-0.05, 0) is 42.8 Å². The van der Waals surface area contributed by atoms with Crippen LogP contribution in [-0.4, -0.2) is 23.2 Å². The van der Waals surface area contributed by atoms with E-state index in [2.05, 4.69) is 4.98 Å². The number of carbonyl (C=O) groups is 1. The molecule has 0 aliphatic rings. The Hall–Kier alpha value is -3.28. The van der Waals surface area contributed by atoms with E-state index in [9.17, 15) is 9.90 Å². The summed E-state index contributed by atoms with van der Waals surface area (Å²) in [6.07, 6.45) is 1.60. The number of nitrogen functional groups attached to an aromatic ring is 1. The van der Waals surface area contributed by atoms with Gasteiger partial charge < -0.3 is 20.3 Å². The van der Waals surface area contributed by atoms with Crippen LogP contribution in [0.4, 0.5) is 5.69 Å². The molecule has 0 bridgehead atoms. The van der Waals surface area contributed by atoms with E-state index < -0.39 is 5.97 Å². The van der Waals surface area contributed by atoms with Crippen molar-refractivity contribution >= 4 is 22.6 Å². The monoisotopic (exact) mass is 324 g/mol. The van der Waals surface area contributed by atoms with Gasteiger partial charge in [0.05, 0.1) is 12.6 Å². The second-order valence-corrected chi connectivity index (χ2v) is 5.31. The minimum Gasteiger partial charge on any atom is -0.496 e. The molecule has 0 atom stereocenters. The summed E-state index contributed by atoms with van der Waals surface area (Å²) < 4.78 is 11.1. The Labute approximate surface area is 138 Å². The van der Waals surface area contributed by atoms with E-state index in [0.717, 1.165) is 5.56 Å². The fourth-order valence-corrected chi connectivity index (χ4v) is 2.48. The molecule has 0 saturated carbocycles. The van der Waals surface area contributed by atoms with Gasteiger partial charge in [-0.25, -0.2) is 4.79 Å². The quantitative estimate of drug-likeness (QED) is 0.712. The van der Waals surface area contributed by atoms with Crippen LogP contribution < -0.4 is 15.2 Å². The molecule has 0 unspecified atom stereocenters. The first-order chi connectivity index (χ1) is 11.5. The number of aromatic nitrogens is 1. The van der Waals surface area contributed by atoms with Gasteiger partial charge in [-0.3, -0.25) is 4.98 Å². The van der Waals surface area contributed by atoms with Crippen LogP contribution in [0.15, 0.2) is 42.6 Å². The van der Waals surface area contributed by atoms with Crippen LogP contribution in [0.5, 0.6) is 17.2 Å². The molecule has 1 heterocycles. The number of nitrogens with zero attached hydrogens (tertiary/aromatic N) is 1. The third kappa shape index (κ3) is 2.81. The molecule has 0 spiro atoms. The minimum absolute atomic E-state index is 0.0527. The summed E-state index contributed by atoms with van der Waals surface area (Å²) in [4.78, 5) is 15.7. The molecule has 24 heavy (non-hydrogen) atoms. The number of hydrogen-bond acceptors (Lipinski definition) is 5. The second kappa shape index (κ2) is 6.08. The first-order valence-electron chi connectivity index (χ1n) is 7.23. The Bertz CT molecular complexity index is 938. The van der Waals surface area contributed by atoms with E-state index >= 15 is 0 Å². The molecule has 0 amide bonds. The summed E-state index contributed by atoms with van der Waals surface area (Å²) in [6, 6.07) is 10.1. The standard InChI is InChI=1S/C18H16N2O4/c1-10-7-11(19)3-4-15(10)24-16-5-6-20-14-9-17(23-2)13(18(21)22)8-12(14)16/h3-9H,19H2,1-2H3,(H,21,22). The first-order valence-corrected chi connectivity index (χ1v) is 7.23. The molecule has 0 saturated heterocycles. The van der Waals surface area contributed by atoms with Crippen LogP contribution in [0.25, 0.3) is 10.9 Å². The van der Waals surface area contributed by atoms with Crippen LogP contribution >= 0.6 is 0 Å². The van der Waals surface area contributed by atoms with Crippen molar-refractivity contribution in [3.63, 3.8) is 0 Å². The molecule has 3 N–H and O–H groups in total. The van der Waals surface area contributed by atoms with Gasteiger partial charge in [0.1, 0.15) is 22.8 Å². The van der Waals surface area contributed by atoms with Crippen molar-refractivity contribution in [1.82, 2.24) is 4.98 Å². The molecule has 0 aliphatic carbocycles. The number of pyridine rings is 1. The minimum atomic E-state index is -1.08. The Morgan fingerprint density at radius 3 is 2.58 bits per heavy atom. The number of fused-ring (bicyclic) bond motifs is 1. The highest BCUT2D eigenvalue weighted by Crippen LogP contribution is 2.34. The number of carboxylic acids is 1. The van der Waals surface area contributed by atoms with Crippen molar-refractivity contribution in [2.24, 2.45) is 0 Å². The van der Waals surface area contributed by atoms with Crippen LogP contribution in [0, 0.1) is 6.92 Å². The highest BCUT2D eigenvalue weighted by Gasteiger charge is 2.15. The van der Waals surface area contributed by atoms with Crippen molar-refractivity contribution < 1.29 is 19.4 Å². The highest BCUT2D eigenvalue weighted by molar-refractivity contribution is 5.98. The van der Waals surface area contributed by atoms with E-state index in [1.54, 1.807) is 30.5 Å². The van der Waals surface area contributed by atoms with Crippen molar-refractivity contribution in [3.8, 4) is 17.2 Å². The lowest BCUT2D eigenvalue weighted by molar-refractivity contribution is 0.0693. The molecule has 6 heteroatoms. The average Bonchev–Trinajstić information content (AvgIpc) is 2.56. The molecule has 0 aliphatic heterocycles. The number of anilines is 1. The molecule has 2 aromatic carbocycles. The molecular formula is C18H16N2O4. The first kappa shape index (κ1) is 15.6. The largest absolute Gasteiger partial charge is 0.496 e. The predicted molar refractivity (Wildman–Crippen MR) is 90.9 cm³/mol. The van der Waals surface area contributed by atoms with Gasteiger partial charge in [-0.15, -0.1) is 0 Å². The molecular weight excluding hydrogens is 308 g/mol. The maximum Gasteiger partial charge on any atom is 0.339 e. The lowest BCUT2D eigenvalue weighted by Crippen LogP contribution is -2.01. The third-order valence-corrected chi connectivity index (χ3v) is 3.67. The van der Waals surface area contributed by atoms with Crippen molar-refractivity contribution in [1.29, 1.82) is 0 Å². The van der Waals surface area contributed by atoms with Gasteiger partial charge in [0.2, 0.25) is 0 Å². The molecule has 6 nitrogen and oxygen atoms in total. The van der Waals surface area contributed by atoms with Crippen molar-refractivity contribution in [2.45, 2.75) is 6.92 Å². The zero-order chi connectivity index (χ0) is 17.3. The molecule has 0 fully saturated rings. The number of aryl methyl sites for hydroxylation is 1. The van der Waals surface area contributed by atoms with Gasteiger partial charge in [0.15, 0.2) is 0 Å². The van der Waals surface area contributed by atoms with Crippen molar-refractivity contribution in [2.75, 3.05) is 12.8 Å². The van der Waals surface area contributed by atoms with Gasteiger partial charge in [-0.2, -0.15) is 0 Å². The maximum absolute atomic E-state index is 11.4. The molecule has 3 rings (SSSR count). The Morgan fingerprint density at radius 1 is 1.12 bits per heavy atom. The highest BCUT2D eigenvalue weighted by atomic mass is 16.5. The Balaban J connectivity index is 2.14. The summed E-state index contributed by atoms with van der Waals surface area (Å²) >= 11 is 0. The lowest BCUT2D eigenvalue weighted by Gasteiger charge is -2.13.